The summed E-state index contributed by atoms with van der Waals surface area (Å²) < 4.78 is 38.2. The first-order valence-electron chi connectivity index (χ1n) is 4.70. The zero-order chi connectivity index (χ0) is 12.5. The molecule has 1 aromatic heterocycles. The van der Waals surface area contributed by atoms with E-state index in [-0.39, 0.29) is 11.3 Å². The summed E-state index contributed by atoms with van der Waals surface area (Å²) in [6, 6.07) is 4.84. The lowest BCUT2D eigenvalue weighted by Crippen LogP contribution is -2.14. The van der Waals surface area contributed by atoms with E-state index in [2.05, 4.69) is 9.97 Å². The summed E-state index contributed by atoms with van der Waals surface area (Å²) >= 11 is 0. The molecule has 88 valence electrons. The minimum absolute atomic E-state index is 0.221. The number of aromatic nitrogens is 2. The zero-order valence-electron chi connectivity index (χ0n) is 8.45. The number of H-pyrrole nitrogens is 1. The minimum Gasteiger partial charge on any atom is -0.326 e. The van der Waals surface area contributed by atoms with Crippen molar-refractivity contribution in [2.75, 3.05) is 0 Å². The number of hydrogen-bond acceptors (Lipinski definition) is 2. The molecule has 0 bridgehead atoms. The molecule has 0 atom stereocenters. The van der Waals surface area contributed by atoms with Gasteiger partial charge in [0.15, 0.2) is 0 Å². The Labute approximate surface area is 94.0 Å². The van der Waals surface area contributed by atoms with E-state index in [0.717, 1.165) is 6.07 Å². The Morgan fingerprint density at radius 2 is 1.88 bits per heavy atom. The van der Waals surface area contributed by atoms with Crippen LogP contribution in [0.4, 0.5) is 13.2 Å². The number of nitrogens with one attached hydrogen (secondary N) is 1. The molecule has 6 heteroatoms. The van der Waals surface area contributed by atoms with Crippen LogP contribution in [0.5, 0.6) is 0 Å². The summed E-state index contributed by atoms with van der Waals surface area (Å²) in [6.45, 7) is 0. The van der Waals surface area contributed by atoms with Crippen LogP contribution in [-0.2, 0) is 6.18 Å². The Bertz CT molecular complexity index is 590. The summed E-state index contributed by atoms with van der Waals surface area (Å²) in [6.07, 6.45) is -2.01. The van der Waals surface area contributed by atoms with Crippen molar-refractivity contribution in [3.05, 3.63) is 52.6 Å². The van der Waals surface area contributed by atoms with Gasteiger partial charge in [0, 0.05) is 18.0 Å². The molecule has 1 N–H and O–H groups in total. The number of halogens is 3. The van der Waals surface area contributed by atoms with Gasteiger partial charge >= 0.3 is 6.18 Å². The fourth-order valence-corrected chi connectivity index (χ4v) is 1.48. The van der Waals surface area contributed by atoms with Gasteiger partial charge in [0.2, 0.25) is 0 Å². The van der Waals surface area contributed by atoms with Crippen LogP contribution in [0.3, 0.4) is 0 Å². The highest BCUT2D eigenvalue weighted by Crippen LogP contribution is 2.35. The van der Waals surface area contributed by atoms with Crippen LogP contribution in [0.2, 0.25) is 0 Å². The molecule has 0 aliphatic rings. The molecule has 0 aliphatic heterocycles. The first kappa shape index (κ1) is 11.4. The molecule has 3 nitrogen and oxygen atoms in total. The highest BCUT2D eigenvalue weighted by atomic mass is 19.4. The molecule has 0 radical (unpaired) electrons. The molecule has 0 saturated carbocycles. The number of hydrogen-bond donors (Lipinski definition) is 1. The predicted molar refractivity (Wildman–Crippen MR) is 55.3 cm³/mol. The fraction of sp³-hybridized carbons (Fsp3) is 0.0909. The van der Waals surface area contributed by atoms with E-state index in [1.165, 1.54) is 30.6 Å². The van der Waals surface area contributed by atoms with E-state index >= 15 is 0 Å². The van der Waals surface area contributed by atoms with Gasteiger partial charge in [-0.3, -0.25) is 4.79 Å². The highest BCUT2D eigenvalue weighted by molar-refractivity contribution is 5.63. The fourth-order valence-electron chi connectivity index (χ4n) is 1.48. The number of aromatic amines is 1. The second kappa shape index (κ2) is 4.04. The lowest BCUT2D eigenvalue weighted by atomic mass is 10.0. The molecule has 0 saturated heterocycles. The number of alkyl halides is 3. The quantitative estimate of drug-likeness (QED) is 0.832. The molecule has 0 fully saturated rings. The lowest BCUT2D eigenvalue weighted by Gasteiger charge is -2.11. The Hall–Kier alpha value is -2.11. The lowest BCUT2D eigenvalue weighted by molar-refractivity contribution is -0.137. The van der Waals surface area contributed by atoms with Crippen molar-refractivity contribution in [1.29, 1.82) is 0 Å². The third kappa shape index (κ3) is 2.20. The average Bonchev–Trinajstić information content (AvgIpc) is 2.28. The molecule has 0 aliphatic carbocycles. The smallest absolute Gasteiger partial charge is 0.326 e. The van der Waals surface area contributed by atoms with E-state index in [1.807, 2.05) is 0 Å². The Kier molecular flexibility index (Phi) is 2.71. The maximum absolute atomic E-state index is 12.7. The Morgan fingerprint density at radius 3 is 2.53 bits per heavy atom. The molecule has 0 spiro atoms. The first-order chi connectivity index (χ1) is 8.00. The predicted octanol–water partition coefficient (Wildman–Crippen LogP) is 2.46. The van der Waals surface area contributed by atoms with Crippen LogP contribution >= 0.6 is 0 Å². The summed E-state index contributed by atoms with van der Waals surface area (Å²) in [5, 5.41) is 0. The van der Waals surface area contributed by atoms with Gasteiger partial charge in [-0.05, 0) is 6.07 Å². The number of rotatable bonds is 1. The largest absolute Gasteiger partial charge is 0.417 e. The number of benzene rings is 1. The van der Waals surface area contributed by atoms with E-state index in [0.29, 0.717) is 0 Å². The van der Waals surface area contributed by atoms with Crippen LogP contribution in [0.1, 0.15) is 5.56 Å². The van der Waals surface area contributed by atoms with E-state index in [9.17, 15) is 18.0 Å². The van der Waals surface area contributed by atoms with Crippen molar-refractivity contribution >= 4 is 0 Å². The van der Waals surface area contributed by atoms with Gasteiger partial charge in [0.1, 0.15) is 5.69 Å². The van der Waals surface area contributed by atoms with Crippen molar-refractivity contribution in [1.82, 2.24) is 9.97 Å². The third-order valence-electron chi connectivity index (χ3n) is 2.20. The van der Waals surface area contributed by atoms with Crippen molar-refractivity contribution in [2.24, 2.45) is 0 Å². The normalized spacial score (nSPS) is 11.5. The second-order valence-corrected chi connectivity index (χ2v) is 3.31. The van der Waals surface area contributed by atoms with E-state index < -0.39 is 17.3 Å². The van der Waals surface area contributed by atoms with Crippen LogP contribution in [-0.4, -0.2) is 9.97 Å². The molecule has 1 heterocycles. The van der Waals surface area contributed by atoms with Gasteiger partial charge in [-0.1, -0.05) is 18.2 Å². The average molecular weight is 240 g/mol. The topological polar surface area (TPSA) is 45.8 Å². The summed E-state index contributed by atoms with van der Waals surface area (Å²) in [5.41, 5.74) is -1.98. The molecule has 0 unspecified atom stereocenters. The SMILES string of the molecule is O=c1[nH]ccnc1-c1ccccc1C(F)(F)F. The molecule has 2 aromatic rings. The summed E-state index contributed by atoms with van der Waals surface area (Å²) in [4.78, 5) is 17.4. The van der Waals surface area contributed by atoms with Crippen molar-refractivity contribution in [3.8, 4) is 11.3 Å². The van der Waals surface area contributed by atoms with Crippen LogP contribution in [0.25, 0.3) is 11.3 Å². The van der Waals surface area contributed by atoms with Crippen LogP contribution in [0.15, 0.2) is 41.5 Å². The van der Waals surface area contributed by atoms with Gasteiger partial charge in [-0.25, -0.2) is 4.98 Å². The zero-order valence-corrected chi connectivity index (χ0v) is 8.45. The van der Waals surface area contributed by atoms with Gasteiger partial charge in [-0.15, -0.1) is 0 Å². The monoisotopic (exact) mass is 240 g/mol. The Morgan fingerprint density at radius 1 is 1.18 bits per heavy atom. The first-order valence-corrected chi connectivity index (χ1v) is 4.70. The highest BCUT2D eigenvalue weighted by Gasteiger charge is 2.34. The van der Waals surface area contributed by atoms with Crippen LogP contribution in [0, 0.1) is 0 Å². The van der Waals surface area contributed by atoms with Gasteiger partial charge < -0.3 is 4.98 Å². The second-order valence-electron chi connectivity index (χ2n) is 3.31. The molecular formula is C11H7F3N2O. The summed E-state index contributed by atoms with van der Waals surface area (Å²) in [7, 11) is 0. The number of nitrogens with zero attached hydrogens (tertiary/aromatic N) is 1. The van der Waals surface area contributed by atoms with Gasteiger partial charge in [-0.2, -0.15) is 13.2 Å². The van der Waals surface area contributed by atoms with Crippen LogP contribution < -0.4 is 5.56 Å². The summed E-state index contributed by atoms with van der Waals surface area (Å²) in [5.74, 6) is 0. The maximum atomic E-state index is 12.7. The standard InChI is InChI=1S/C11H7F3N2O/c12-11(13,14)8-4-2-1-3-7(8)9-10(17)16-6-5-15-9/h1-6H,(H,16,17). The third-order valence-corrected chi connectivity index (χ3v) is 2.20. The molecule has 1 aromatic carbocycles. The minimum atomic E-state index is -4.51. The van der Waals surface area contributed by atoms with Crippen molar-refractivity contribution < 1.29 is 13.2 Å². The molecular weight excluding hydrogens is 233 g/mol. The van der Waals surface area contributed by atoms with Crippen molar-refractivity contribution in [3.63, 3.8) is 0 Å². The van der Waals surface area contributed by atoms with Gasteiger partial charge in [0.25, 0.3) is 5.56 Å². The molecule has 0 amide bonds. The van der Waals surface area contributed by atoms with Crippen molar-refractivity contribution in [2.45, 2.75) is 6.18 Å². The van der Waals surface area contributed by atoms with Gasteiger partial charge in [0.05, 0.1) is 5.56 Å². The Balaban J connectivity index is 2.69. The molecule has 2 rings (SSSR count). The van der Waals surface area contributed by atoms with E-state index in [4.69, 9.17) is 0 Å². The maximum Gasteiger partial charge on any atom is 0.417 e. The molecule has 17 heavy (non-hydrogen) atoms. The van der Waals surface area contributed by atoms with E-state index in [1.54, 1.807) is 0 Å².